The predicted octanol–water partition coefficient (Wildman–Crippen LogP) is 0.771. The Morgan fingerprint density at radius 2 is 2.25 bits per heavy atom. The summed E-state index contributed by atoms with van der Waals surface area (Å²) < 4.78 is 0. The Kier molecular flexibility index (Phi) is 4.78. The van der Waals surface area contributed by atoms with Crippen molar-refractivity contribution in [2.45, 2.75) is 6.42 Å². The van der Waals surface area contributed by atoms with Gasteiger partial charge in [0.25, 0.3) is 0 Å². The summed E-state index contributed by atoms with van der Waals surface area (Å²) in [6, 6.07) is 4.34. The molecular weight excluding hydrogens is 218 g/mol. The molecule has 1 aromatic heterocycles. The Labute approximate surface area is 102 Å². The first-order valence-corrected chi connectivity index (χ1v) is 6.92. The van der Waals surface area contributed by atoms with E-state index in [1.165, 1.54) is 18.0 Å². The van der Waals surface area contributed by atoms with Crippen LogP contribution in [0.2, 0.25) is 0 Å². The number of thiophene rings is 1. The van der Waals surface area contributed by atoms with E-state index in [-0.39, 0.29) is 0 Å². The second kappa shape index (κ2) is 6.35. The summed E-state index contributed by atoms with van der Waals surface area (Å²) in [4.78, 5) is 3.99. The zero-order chi connectivity index (χ0) is 11.2. The van der Waals surface area contributed by atoms with Crippen LogP contribution in [0.1, 0.15) is 4.88 Å². The minimum Gasteiger partial charge on any atom is -0.330 e. The van der Waals surface area contributed by atoms with Crippen LogP contribution >= 0.6 is 11.3 Å². The van der Waals surface area contributed by atoms with Crippen LogP contribution in [0.25, 0.3) is 0 Å². The molecular formula is C12H21N3S. The normalized spacial score (nSPS) is 19.8. The van der Waals surface area contributed by atoms with Crippen molar-refractivity contribution in [3.8, 4) is 0 Å². The molecule has 3 N–H and O–H groups in total. The van der Waals surface area contributed by atoms with Gasteiger partial charge in [-0.2, -0.15) is 0 Å². The molecule has 1 saturated heterocycles. The zero-order valence-corrected chi connectivity index (χ0v) is 10.5. The van der Waals surface area contributed by atoms with Crippen molar-refractivity contribution in [3.63, 3.8) is 0 Å². The number of nitrogens with zero attached hydrogens (tertiary/aromatic N) is 1. The van der Waals surface area contributed by atoms with E-state index in [0.717, 1.165) is 32.6 Å². The molecule has 4 heteroatoms. The number of rotatable bonds is 5. The molecule has 0 aromatic carbocycles. The van der Waals surface area contributed by atoms with Gasteiger partial charge < -0.3 is 16.0 Å². The van der Waals surface area contributed by atoms with Gasteiger partial charge in [-0.05, 0) is 30.3 Å². The van der Waals surface area contributed by atoms with Crippen molar-refractivity contribution < 1.29 is 0 Å². The smallest absolute Gasteiger partial charge is 0.0107 e. The highest BCUT2D eigenvalue weighted by Crippen LogP contribution is 2.15. The summed E-state index contributed by atoms with van der Waals surface area (Å²) in [5.41, 5.74) is 5.87. The summed E-state index contributed by atoms with van der Waals surface area (Å²) in [5.74, 6) is 0.608. The van der Waals surface area contributed by atoms with Crippen LogP contribution in [0.15, 0.2) is 17.5 Å². The number of hydrogen-bond donors (Lipinski definition) is 2. The quantitative estimate of drug-likeness (QED) is 0.797. The fraction of sp³-hybridized carbons (Fsp3) is 0.667. The summed E-state index contributed by atoms with van der Waals surface area (Å²) in [6.45, 7) is 6.52. The lowest BCUT2D eigenvalue weighted by Crippen LogP contribution is -2.46. The molecule has 2 rings (SSSR count). The minimum atomic E-state index is 0.608. The third-order valence-electron chi connectivity index (χ3n) is 3.13. The number of nitrogens with one attached hydrogen (secondary N) is 1. The third kappa shape index (κ3) is 3.56. The molecule has 0 radical (unpaired) electrons. The van der Waals surface area contributed by atoms with Gasteiger partial charge in [-0.1, -0.05) is 6.07 Å². The lowest BCUT2D eigenvalue weighted by Gasteiger charge is -2.30. The molecule has 0 saturated carbocycles. The molecule has 2 heterocycles. The lowest BCUT2D eigenvalue weighted by atomic mass is 10.0. The summed E-state index contributed by atoms with van der Waals surface area (Å²) in [7, 11) is 0. The van der Waals surface area contributed by atoms with Gasteiger partial charge in [0.1, 0.15) is 0 Å². The lowest BCUT2D eigenvalue weighted by molar-refractivity contribution is 0.207. The van der Waals surface area contributed by atoms with E-state index in [1.807, 2.05) is 11.3 Å². The fourth-order valence-electron chi connectivity index (χ4n) is 2.19. The van der Waals surface area contributed by atoms with E-state index >= 15 is 0 Å². The fourth-order valence-corrected chi connectivity index (χ4v) is 3.02. The van der Waals surface area contributed by atoms with Gasteiger partial charge >= 0.3 is 0 Å². The number of nitrogens with two attached hydrogens (primary N) is 1. The molecule has 1 aromatic rings. The standard InChI is InChI=1S/C12H21N3S/c13-9-11(8-12-2-1-7-16-12)10-15-5-3-14-4-6-15/h1-2,7,11,14H,3-6,8-10,13H2. The van der Waals surface area contributed by atoms with Gasteiger partial charge in [0.05, 0.1) is 0 Å². The van der Waals surface area contributed by atoms with Gasteiger partial charge in [-0.15, -0.1) is 11.3 Å². The second-order valence-electron chi connectivity index (χ2n) is 4.44. The summed E-state index contributed by atoms with van der Waals surface area (Å²) >= 11 is 1.84. The van der Waals surface area contributed by atoms with Crippen molar-refractivity contribution in [2.75, 3.05) is 39.3 Å². The van der Waals surface area contributed by atoms with E-state index in [9.17, 15) is 0 Å². The molecule has 3 nitrogen and oxygen atoms in total. The molecule has 16 heavy (non-hydrogen) atoms. The molecule has 90 valence electrons. The van der Waals surface area contributed by atoms with Crippen LogP contribution < -0.4 is 11.1 Å². The molecule has 1 aliphatic heterocycles. The van der Waals surface area contributed by atoms with Crippen LogP contribution in [0, 0.1) is 5.92 Å². The predicted molar refractivity (Wildman–Crippen MR) is 69.9 cm³/mol. The van der Waals surface area contributed by atoms with Crippen molar-refractivity contribution in [2.24, 2.45) is 11.7 Å². The Balaban J connectivity index is 1.80. The number of hydrogen-bond acceptors (Lipinski definition) is 4. The average molecular weight is 239 g/mol. The average Bonchev–Trinajstić information content (AvgIpc) is 2.82. The van der Waals surface area contributed by atoms with Crippen LogP contribution in [-0.4, -0.2) is 44.2 Å². The van der Waals surface area contributed by atoms with E-state index in [1.54, 1.807) is 0 Å². The van der Waals surface area contributed by atoms with E-state index < -0.39 is 0 Å². The first-order valence-electron chi connectivity index (χ1n) is 6.04. The van der Waals surface area contributed by atoms with Crippen LogP contribution in [0.3, 0.4) is 0 Å². The highest BCUT2D eigenvalue weighted by atomic mass is 32.1. The maximum absolute atomic E-state index is 5.87. The Hall–Kier alpha value is -0.420. The van der Waals surface area contributed by atoms with E-state index in [2.05, 4.69) is 27.7 Å². The topological polar surface area (TPSA) is 41.3 Å². The van der Waals surface area contributed by atoms with Crippen LogP contribution in [0.4, 0.5) is 0 Å². The SMILES string of the molecule is NCC(Cc1cccs1)CN1CCNCC1. The van der Waals surface area contributed by atoms with Gasteiger partial charge in [-0.3, -0.25) is 0 Å². The van der Waals surface area contributed by atoms with Crippen molar-refractivity contribution in [1.29, 1.82) is 0 Å². The maximum Gasteiger partial charge on any atom is 0.0107 e. The molecule has 1 unspecified atom stereocenters. The van der Waals surface area contributed by atoms with Gasteiger partial charge in [0, 0.05) is 37.6 Å². The molecule has 0 bridgehead atoms. The highest BCUT2D eigenvalue weighted by molar-refractivity contribution is 7.09. The van der Waals surface area contributed by atoms with Crippen molar-refractivity contribution in [1.82, 2.24) is 10.2 Å². The third-order valence-corrected chi connectivity index (χ3v) is 4.03. The van der Waals surface area contributed by atoms with Gasteiger partial charge in [0.15, 0.2) is 0 Å². The van der Waals surface area contributed by atoms with Crippen molar-refractivity contribution >= 4 is 11.3 Å². The number of piperazine rings is 1. The summed E-state index contributed by atoms with van der Waals surface area (Å²) in [5, 5.41) is 5.53. The molecule has 1 aliphatic rings. The molecule has 1 fully saturated rings. The summed E-state index contributed by atoms with van der Waals surface area (Å²) in [6.07, 6.45) is 1.14. The van der Waals surface area contributed by atoms with Gasteiger partial charge in [0.2, 0.25) is 0 Å². The highest BCUT2D eigenvalue weighted by Gasteiger charge is 2.15. The maximum atomic E-state index is 5.87. The van der Waals surface area contributed by atoms with Crippen molar-refractivity contribution in [3.05, 3.63) is 22.4 Å². The van der Waals surface area contributed by atoms with Crippen LogP contribution in [-0.2, 0) is 6.42 Å². The Bertz CT molecular complexity index is 280. The first kappa shape index (κ1) is 12.0. The van der Waals surface area contributed by atoms with Gasteiger partial charge in [-0.25, -0.2) is 0 Å². The molecule has 0 aliphatic carbocycles. The largest absolute Gasteiger partial charge is 0.330 e. The van der Waals surface area contributed by atoms with E-state index in [4.69, 9.17) is 5.73 Å². The minimum absolute atomic E-state index is 0.608. The Morgan fingerprint density at radius 1 is 1.44 bits per heavy atom. The second-order valence-corrected chi connectivity index (χ2v) is 5.47. The van der Waals surface area contributed by atoms with Crippen LogP contribution in [0.5, 0.6) is 0 Å². The molecule has 0 amide bonds. The molecule has 1 atom stereocenters. The first-order chi connectivity index (χ1) is 7.88. The molecule has 0 spiro atoms. The Morgan fingerprint density at radius 3 is 2.88 bits per heavy atom. The zero-order valence-electron chi connectivity index (χ0n) is 9.69. The van der Waals surface area contributed by atoms with E-state index in [0.29, 0.717) is 5.92 Å². The monoisotopic (exact) mass is 239 g/mol.